The number of nitrogens with zero attached hydrogens (tertiary/aromatic N) is 5. The average molecular weight is 774 g/mol. The van der Waals surface area contributed by atoms with E-state index in [1.54, 1.807) is 36.5 Å². The molecule has 22 heteroatoms. The number of carboxylic acid groups (broad SMARTS) is 1. The highest BCUT2D eigenvalue weighted by Gasteiger charge is 2.32. The van der Waals surface area contributed by atoms with Gasteiger partial charge in [-0.25, -0.2) is 14.5 Å². The van der Waals surface area contributed by atoms with Crippen LogP contribution in [0.4, 0.5) is 9.18 Å². The first kappa shape index (κ1) is 43.1. The molecule has 3 atom stereocenters. The number of urea groups is 1. The van der Waals surface area contributed by atoms with Gasteiger partial charge < -0.3 is 43.2 Å². The maximum atomic E-state index is 13.8. The number of aryl methyl sites for hydroxylation is 1. The number of unbranched alkanes of at least 4 members (excludes halogenated alkanes) is 1. The Hall–Kier alpha value is -6.35. The van der Waals surface area contributed by atoms with Crippen molar-refractivity contribution >= 4 is 47.5 Å². The van der Waals surface area contributed by atoms with Gasteiger partial charge in [-0.05, 0) is 50.5 Å². The molecule has 3 unspecified atom stereocenters. The fourth-order valence-corrected chi connectivity index (χ4v) is 5.28. The standard InChI is InChI=1S/C33H48FN13O8/c34-13-6-10-22-19-46(45-43-22)20-27(49)37-14-5-4-11-24-30(53)41-23(12-7-15-38-32(35)36)29(52)39-17-26(48)40-25(16-28(50)51)31(54)44-47(33(55)42-24)18-21-8-2-1-3-9-21/h1-3,8-9,19,23-25H,4-7,10-18,20H2,(H,37,49)(H,39,52)(H,40,48)(H,41,53)(H,42,55)(H,44,54)(H,50,51)(H4,35,36,38). The summed E-state index contributed by atoms with van der Waals surface area (Å²) in [5, 5.41) is 30.7. The maximum Gasteiger partial charge on any atom is 0.337 e. The first-order valence-electron chi connectivity index (χ1n) is 17.6. The van der Waals surface area contributed by atoms with Crippen molar-refractivity contribution < 1.29 is 43.1 Å². The van der Waals surface area contributed by atoms with Gasteiger partial charge in [0.1, 0.15) is 24.7 Å². The van der Waals surface area contributed by atoms with Crippen molar-refractivity contribution in [3.63, 3.8) is 0 Å². The van der Waals surface area contributed by atoms with E-state index in [2.05, 4.69) is 47.3 Å². The topological polar surface area (TPSA) is 310 Å². The Bertz CT molecular complexity index is 1650. The highest BCUT2D eigenvalue weighted by atomic mass is 19.1. The Morgan fingerprint density at radius 3 is 2.36 bits per heavy atom. The van der Waals surface area contributed by atoms with Gasteiger partial charge in [-0.2, -0.15) is 0 Å². The molecule has 7 amide bonds. The molecule has 0 saturated carbocycles. The van der Waals surface area contributed by atoms with Crippen LogP contribution in [0.15, 0.2) is 41.5 Å². The number of aliphatic imine (C=N–C) groups is 1. The molecule has 1 aromatic carbocycles. The Morgan fingerprint density at radius 2 is 1.65 bits per heavy atom. The first-order chi connectivity index (χ1) is 26.3. The lowest BCUT2D eigenvalue weighted by atomic mass is 10.1. The van der Waals surface area contributed by atoms with Gasteiger partial charge in [0, 0.05) is 19.3 Å². The van der Waals surface area contributed by atoms with Crippen LogP contribution in [-0.4, -0.2) is 117 Å². The zero-order valence-corrected chi connectivity index (χ0v) is 30.2. The quantitative estimate of drug-likeness (QED) is 0.0439. The highest BCUT2D eigenvalue weighted by Crippen LogP contribution is 2.09. The molecule has 2 heterocycles. The van der Waals surface area contributed by atoms with E-state index in [-0.39, 0.29) is 57.3 Å². The minimum absolute atomic E-state index is 0.0194. The minimum Gasteiger partial charge on any atom is -0.481 e. The molecule has 1 aromatic heterocycles. The largest absolute Gasteiger partial charge is 0.481 e. The first-order valence-corrected chi connectivity index (χ1v) is 17.6. The molecular formula is C33H48FN13O8. The van der Waals surface area contributed by atoms with Crippen molar-refractivity contribution in [2.24, 2.45) is 16.5 Å². The fourth-order valence-electron chi connectivity index (χ4n) is 5.28. The smallest absolute Gasteiger partial charge is 0.337 e. The van der Waals surface area contributed by atoms with Crippen molar-refractivity contribution in [2.75, 3.05) is 26.3 Å². The highest BCUT2D eigenvalue weighted by molar-refractivity contribution is 5.96. The summed E-state index contributed by atoms with van der Waals surface area (Å²) in [7, 11) is 0. The summed E-state index contributed by atoms with van der Waals surface area (Å²) in [6.07, 6.45) is 2.33. The number of benzene rings is 1. The summed E-state index contributed by atoms with van der Waals surface area (Å²) in [6, 6.07) is 3.37. The van der Waals surface area contributed by atoms with E-state index in [9.17, 15) is 43.1 Å². The van der Waals surface area contributed by atoms with E-state index in [4.69, 9.17) is 11.5 Å². The predicted molar refractivity (Wildman–Crippen MR) is 193 cm³/mol. The zero-order chi connectivity index (χ0) is 40.2. The second-order valence-electron chi connectivity index (χ2n) is 12.5. The number of hydrogen-bond donors (Lipinski definition) is 9. The van der Waals surface area contributed by atoms with E-state index in [0.29, 0.717) is 36.9 Å². The van der Waals surface area contributed by atoms with E-state index in [0.717, 1.165) is 5.01 Å². The van der Waals surface area contributed by atoms with Gasteiger partial charge in [0.25, 0.3) is 5.91 Å². The third kappa shape index (κ3) is 16.1. The fraction of sp³-hybridized carbons (Fsp3) is 0.515. The van der Waals surface area contributed by atoms with Gasteiger partial charge in [0.2, 0.25) is 23.6 Å². The number of aliphatic carboxylic acids is 1. The molecule has 1 fully saturated rings. The SMILES string of the molecule is NC(N)=NCCCC1NC(=O)C(CCCCNC(=O)Cn2cc(CCCF)nn2)NC(=O)N(Cc2ccccc2)NC(=O)C(CC(=O)O)NC(=O)CNC1=O. The molecule has 1 aliphatic rings. The summed E-state index contributed by atoms with van der Waals surface area (Å²) in [5.41, 5.74) is 14.3. The lowest BCUT2D eigenvalue weighted by molar-refractivity contribution is -0.141. The molecule has 11 N–H and O–H groups in total. The Balaban J connectivity index is 1.80. The lowest BCUT2D eigenvalue weighted by Crippen LogP contribution is -2.59. The van der Waals surface area contributed by atoms with E-state index in [1.165, 1.54) is 4.68 Å². The lowest BCUT2D eigenvalue weighted by Gasteiger charge is -2.28. The predicted octanol–water partition coefficient (Wildman–Crippen LogP) is -2.29. The summed E-state index contributed by atoms with van der Waals surface area (Å²) in [4.78, 5) is 94.9. The number of carboxylic acids is 1. The Kier molecular flexibility index (Phi) is 17.7. The Labute approximate surface area is 315 Å². The normalized spacial score (nSPS) is 18.4. The van der Waals surface area contributed by atoms with Crippen molar-refractivity contribution in [2.45, 2.75) is 82.6 Å². The number of halogens is 1. The summed E-state index contributed by atoms with van der Waals surface area (Å²) in [6.45, 7) is -1.18. The number of hydrogen-bond acceptors (Lipinski definition) is 10. The molecule has 300 valence electrons. The molecule has 0 aliphatic carbocycles. The van der Waals surface area contributed by atoms with Gasteiger partial charge in [-0.1, -0.05) is 35.5 Å². The molecule has 2 aromatic rings. The minimum atomic E-state index is -1.65. The number of nitrogens with one attached hydrogen (secondary N) is 6. The number of alkyl halides is 1. The summed E-state index contributed by atoms with van der Waals surface area (Å²) >= 11 is 0. The second kappa shape index (κ2) is 22.7. The average Bonchev–Trinajstić information content (AvgIpc) is 3.59. The van der Waals surface area contributed by atoms with Gasteiger partial charge in [-0.15, -0.1) is 5.10 Å². The molecule has 0 spiro atoms. The molecule has 0 radical (unpaired) electrons. The van der Waals surface area contributed by atoms with Crippen molar-refractivity contribution in [1.82, 2.24) is 52.0 Å². The Morgan fingerprint density at radius 1 is 0.927 bits per heavy atom. The number of rotatable bonds is 18. The van der Waals surface area contributed by atoms with Crippen LogP contribution < -0.4 is 43.5 Å². The van der Waals surface area contributed by atoms with E-state index in [1.807, 2.05) is 0 Å². The van der Waals surface area contributed by atoms with Gasteiger partial charge >= 0.3 is 12.0 Å². The van der Waals surface area contributed by atoms with Crippen LogP contribution in [0.2, 0.25) is 0 Å². The van der Waals surface area contributed by atoms with Crippen LogP contribution in [0.25, 0.3) is 0 Å². The number of carbonyl (C=O) groups is 7. The zero-order valence-electron chi connectivity index (χ0n) is 30.2. The second-order valence-corrected chi connectivity index (χ2v) is 12.5. The number of aromatic nitrogens is 3. The van der Waals surface area contributed by atoms with E-state index < -0.39 is 73.4 Å². The number of guanidine groups is 1. The van der Waals surface area contributed by atoms with Crippen LogP contribution in [-0.2, 0) is 48.3 Å². The van der Waals surface area contributed by atoms with Crippen LogP contribution in [0.3, 0.4) is 0 Å². The van der Waals surface area contributed by atoms with Crippen LogP contribution in [0, 0.1) is 0 Å². The van der Waals surface area contributed by atoms with Gasteiger partial charge in [-0.3, -0.25) is 43.6 Å². The third-order valence-electron chi connectivity index (χ3n) is 8.02. The summed E-state index contributed by atoms with van der Waals surface area (Å²) < 4.78 is 13.8. The van der Waals surface area contributed by atoms with Crippen molar-refractivity contribution in [3.8, 4) is 0 Å². The van der Waals surface area contributed by atoms with Gasteiger partial charge in [0.05, 0.1) is 31.9 Å². The number of hydrazine groups is 1. The summed E-state index contributed by atoms with van der Waals surface area (Å²) in [5.74, 6) is -5.45. The van der Waals surface area contributed by atoms with Crippen molar-refractivity contribution in [3.05, 3.63) is 47.8 Å². The molecule has 1 saturated heterocycles. The van der Waals surface area contributed by atoms with Gasteiger partial charge in [0.15, 0.2) is 5.96 Å². The van der Waals surface area contributed by atoms with Crippen LogP contribution >= 0.6 is 0 Å². The number of amides is 7. The molecule has 3 rings (SSSR count). The number of carbonyl (C=O) groups excluding carboxylic acids is 6. The monoisotopic (exact) mass is 773 g/mol. The molecule has 0 bridgehead atoms. The molecule has 1 aliphatic heterocycles. The molecule has 21 nitrogen and oxygen atoms in total. The number of nitrogens with two attached hydrogens (primary N) is 2. The third-order valence-corrected chi connectivity index (χ3v) is 8.02. The molecular weight excluding hydrogens is 725 g/mol. The van der Waals surface area contributed by atoms with Crippen LogP contribution in [0.1, 0.15) is 56.2 Å². The maximum absolute atomic E-state index is 13.8. The van der Waals surface area contributed by atoms with E-state index >= 15 is 0 Å². The van der Waals surface area contributed by atoms with Crippen molar-refractivity contribution in [1.29, 1.82) is 0 Å². The molecule has 55 heavy (non-hydrogen) atoms. The van der Waals surface area contributed by atoms with Crippen LogP contribution in [0.5, 0.6) is 0 Å².